The van der Waals surface area contributed by atoms with E-state index in [4.69, 9.17) is 11.5 Å². The average Bonchev–Trinajstić information content (AvgIpc) is 1.59. The van der Waals surface area contributed by atoms with Crippen LogP contribution in [-0.4, -0.2) is 11.6 Å². The Morgan fingerprint density at radius 2 is 1.90 bits per heavy atom. The van der Waals surface area contributed by atoms with Gasteiger partial charge in [-0.25, -0.2) is 0 Å². The minimum atomic E-state index is -0.103. The largest absolute Gasteiger partial charge is 0.328 e. The van der Waals surface area contributed by atoms with Crippen LogP contribution in [0.1, 0.15) is 40.0 Å². The second-order valence-corrected chi connectivity index (χ2v) is 3.74. The van der Waals surface area contributed by atoms with Crippen LogP contribution < -0.4 is 11.5 Å². The van der Waals surface area contributed by atoms with Crippen LogP contribution in [0.2, 0.25) is 0 Å². The standard InChI is InChI=1S/C8H20N2/c1-4-5-7(9)6-8(2,3)10/h7H,4-6,9-10H2,1-3H3. The van der Waals surface area contributed by atoms with E-state index in [9.17, 15) is 0 Å². The van der Waals surface area contributed by atoms with Gasteiger partial charge >= 0.3 is 0 Å². The van der Waals surface area contributed by atoms with Crippen molar-refractivity contribution < 1.29 is 0 Å². The number of hydrogen-bond acceptors (Lipinski definition) is 2. The maximum Gasteiger partial charge on any atom is 0.0112 e. The zero-order chi connectivity index (χ0) is 8.20. The van der Waals surface area contributed by atoms with Crippen LogP contribution in [0.3, 0.4) is 0 Å². The first-order chi connectivity index (χ1) is 4.45. The second kappa shape index (κ2) is 3.94. The molecule has 0 radical (unpaired) electrons. The Morgan fingerprint density at radius 1 is 1.40 bits per heavy atom. The lowest BCUT2D eigenvalue weighted by molar-refractivity contribution is 0.407. The summed E-state index contributed by atoms with van der Waals surface area (Å²) in [5.74, 6) is 0. The first-order valence-corrected chi connectivity index (χ1v) is 4.00. The molecular formula is C8H20N2. The molecule has 0 heterocycles. The van der Waals surface area contributed by atoms with E-state index in [0.29, 0.717) is 0 Å². The third kappa shape index (κ3) is 6.05. The van der Waals surface area contributed by atoms with Gasteiger partial charge in [-0.15, -0.1) is 0 Å². The van der Waals surface area contributed by atoms with Gasteiger partial charge in [0.25, 0.3) is 0 Å². The molecule has 0 aliphatic carbocycles. The second-order valence-electron chi connectivity index (χ2n) is 3.74. The van der Waals surface area contributed by atoms with Crippen LogP contribution in [0.25, 0.3) is 0 Å². The Kier molecular flexibility index (Phi) is 3.91. The summed E-state index contributed by atoms with van der Waals surface area (Å²) in [4.78, 5) is 0. The molecule has 62 valence electrons. The normalized spacial score (nSPS) is 15.3. The van der Waals surface area contributed by atoms with Gasteiger partial charge in [0.15, 0.2) is 0 Å². The van der Waals surface area contributed by atoms with Crippen molar-refractivity contribution in [3.05, 3.63) is 0 Å². The Hall–Kier alpha value is -0.0800. The fourth-order valence-electron chi connectivity index (χ4n) is 1.15. The van der Waals surface area contributed by atoms with Crippen LogP contribution in [0.5, 0.6) is 0 Å². The fourth-order valence-corrected chi connectivity index (χ4v) is 1.15. The van der Waals surface area contributed by atoms with E-state index in [0.717, 1.165) is 19.3 Å². The summed E-state index contributed by atoms with van der Waals surface area (Å²) in [6.07, 6.45) is 3.15. The van der Waals surface area contributed by atoms with E-state index in [1.54, 1.807) is 0 Å². The highest BCUT2D eigenvalue weighted by molar-refractivity contribution is 4.77. The van der Waals surface area contributed by atoms with Gasteiger partial charge in [-0.1, -0.05) is 13.3 Å². The number of rotatable bonds is 4. The van der Waals surface area contributed by atoms with Gasteiger partial charge in [0.2, 0.25) is 0 Å². The van der Waals surface area contributed by atoms with Crippen molar-refractivity contribution in [3.8, 4) is 0 Å². The van der Waals surface area contributed by atoms with Gasteiger partial charge < -0.3 is 11.5 Å². The van der Waals surface area contributed by atoms with E-state index in [2.05, 4.69) is 6.92 Å². The molecule has 0 saturated heterocycles. The molecule has 0 aliphatic rings. The summed E-state index contributed by atoms with van der Waals surface area (Å²) < 4.78 is 0. The fraction of sp³-hybridized carbons (Fsp3) is 1.00. The van der Waals surface area contributed by atoms with E-state index in [-0.39, 0.29) is 11.6 Å². The molecule has 4 N–H and O–H groups in total. The van der Waals surface area contributed by atoms with Crippen molar-refractivity contribution in [2.75, 3.05) is 0 Å². The molecule has 0 fully saturated rings. The number of hydrogen-bond donors (Lipinski definition) is 2. The molecule has 0 rings (SSSR count). The monoisotopic (exact) mass is 144 g/mol. The molecule has 0 aliphatic heterocycles. The molecule has 2 heteroatoms. The van der Waals surface area contributed by atoms with Crippen molar-refractivity contribution >= 4 is 0 Å². The van der Waals surface area contributed by atoms with Crippen LogP contribution in [-0.2, 0) is 0 Å². The Labute approximate surface area is 64.0 Å². The zero-order valence-corrected chi connectivity index (χ0v) is 7.35. The lowest BCUT2D eigenvalue weighted by Crippen LogP contribution is -2.39. The van der Waals surface area contributed by atoms with Gasteiger partial charge in [0.1, 0.15) is 0 Å². The molecule has 0 aromatic rings. The molecule has 0 aromatic heterocycles. The predicted molar refractivity (Wildman–Crippen MR) is 45.8 cm³/mol. The third-order valence-electron chi connectivity index (χ3n) is 1.45. The lowest BCUT2D eigenvalue weighted by Gasteiger charge is -2.22. The minimum Gasteiger partial charge on any atom is -0.328 e. The highest BCUT2D eigenvalue weighted by Gasteiger charge is 2.14. The van der Waals surface area contributed by atoms with Gasteiger partial charge in [-0.2, -0.15) is 0 Å². The summed E-state index contributed by atoms with van der Waals surface area (Å²) >= 11 is 0. The van der Waals surface area contributed by atoms with Crippen molar-refractivity contribution in [3.63, 3.8) is 0 Å². The zero-order valence-electron chi connectivity index (χ0n) is 7.35. The molecule has 0 saturated carbocycles. The lowest BCUT2D eigenvalue weighted by atomic mass is 9.95. The maximum atomic E-state index is 5.79. The Morgan fingerprint density at radius 3 is 2.20 bits per heavy atom. The molecule has 0 aromatic carbocycles. The van der Waals surface area contributed by atoms with Crippen LogP contribution in [0, 0.1) is 0 Å². The van der Waals surface area contributed by atoms with Crippen LogP contribution in [0.15, 0.2) is 0 Å². The summed E-state index contributed by atoms with van der Waals surface area (Å²) in [5, 5.41) is 0. The molecule has 0 bridgehead atoms. The molecule has 0 amide bonds. The summed E-state index contributed by atoms with van der Waals surface area (Å²) in [6.45, 7) is 6.18. The van der Waals surface area contributed by atoms with E-state index in [1.165, 1.54) is 0 Å². The van der Waals surface area contributed by atoms with Crippen molar-refractivity contribution in [1.82, 2.24) is 0 Å². The molecule has 10 heavy (non-hydrogen) atoms. The van der Waals surface area contributed by atoms with Crippen LogP contribution >= 0.6 is 0 Å². The molecule has 1 unspecified atom stereocenters. The Bertz CT molecular complexity index is 83.7. The molecule has 1 atom stereocenters. The van der Waals surface area contributed by atoms with E-state index in [1.807, 2.05) is 13.8 Å². The van der Waals surface area contributed by atoms with Gasteiger partial charge in [0, 0.05) is 11.6 Å². The summed E-state index contributed by atoms with van der Waals surface area (Å²) in [5.41, 5.74) is 11.5. The third-order valence-corrected chi connectivity index (χ3v) is 1.45. The highest BCUT2D eigenvalue weighted by Crippen LogP contribution is 2.09. The SMILES string of the molecule is CCCC(N)CC(C)(C)N. The van der Waals surface area contributed by atoms with Crippen LogP contribution in [0.4, 0.5) is 0 Å². The van der Waals surface area contributed by atoms with E-state index >= 15 is 0 Å². The highest BCUT2D eigenvalue weighted by atomic mass is 14.7. The van der Waals surface area contributed by atoms with Gasteiger partial charge in [-0.05, 0) is 26.7 Å². The smallest absolute Gasteiger partial charge is 0.0112 e. The van der Waals surface area contributed by atoms with Gasteiger partial charge in [-0.3, -0.25) is 0 Å². The minimum absolute atomic E-state index is 0.103. The molecular weight excluding hydrogens is 124 g/mol. The molecule has 2 nitrogen and oxygen atoms in total. The van der Waals surface area contributed by atoms with Crippen molar-refractivity contribution in [2.45, 2.75) is 51.6 Å². The van der Waals surface area contributed by atoms with Crippen molar-refractivity contribution in [2.24, 2.45) is 11.5 Å². The average molecular weight is 144 g/mol. The van der Waals surface area contributed by atoms with Crippen molar-refractivity contribution in [1.29, 1.82) is 0 Å². The molecule has 0 spiro atoms. The quantitative estimate of drug-likeness (QED) is 0.623. The topological polar surface area (TPSA) is 52.0 Å². The Balaban J connectivity index is 3.47. The first kappa shape index (κ1) is 9.92. The summed E-state index contributed by atoms with van der Waals surface area (Å²) in [7, 11) is 0. The number of nitrogens with two attached hydrogens (primary N) is 2. The van der Waals surface area contributed by atoms with Gasteiger partial charge in [0.05, 0.1) is 0 Å². The van der Waals surface area contributed by atoms with E-state index < -0.39 is 0 Å². The summed E-state index contributed by atoms with van der Waals surface area (Å²) in [6, 6.07) is 0.282. The first-order valence-electron chi connectivity index (χ1n) is 4.00. The maximum absolute atomic E-state index is 5.79. The predicted octanol–water partition coefficient (Wildman–Crippen LogP) is 1.24.